The van der Waals surface area contributed by atoms with E-state index in [2.05, 4.69) is 9.88 Å². The molecule has 1 aliphatic heterocycles. The van der Waals surface area contributed by atoms with Crippen LogP contribution in [0.3, 0.4) is 0 Å². The van der Waals surface area contributed by atoms with E-state index in [4.69, 9.17) is 9.84 Å². The third-order valence-corrected chi connectivity index (χ3v) is 3.92. The number of carboxylic acids is 1. The van der Waals surface area contributed by atoms with Gasteiger partial charge < -0.3 is 19.7 Å². The van der Waals surface area contributed by atoms with Crippen molar-refractivity contribution in [1.82, 2.24) is 9.88 Å². The van der Waals surface area contributed by atoms with Gasteiger partial charge in [0.2, 0.25) is 0 Å². The molecule has 1 atom stereocenters. The first-order chi connectivity index (χ1) is 10.1. The number of nitrogens with zero attached hydrogens (tertiary/aromatic N) is 1. The third-order valence-electron chi connectivity index (χ3n) is 3.92. The fraction of sp³-hybridized carbons (Fsp3) is 0.312. The molecule has 3 rings (SSSR count). The van der Waals surface area contributed by atoms with Crippen LogP contribution in [-0.2, 0) is 11.2 Å². The lowest BCUT2D eigenvalue weighted by atomic mass is 10.0. The van der Waals surface area contributed by atoms with Crippen molar-refractivity contribution in [2.75, 3.05) is 20.7 Å². The molecule has 0 amide bonds. The fourth-order valence-electron chi connectivity index (χ4n) is 2.71. The number of aromatic amines is 1. The molecule has 1 aromatic carbocycles. The molecule has 5 nitrogen and oxygen atoms in total. The molecule has 2 aromatic rings. The SMILES string of the molecule is CN(C)C1COc2c(/C=C/C(=O)O)ccc3[nH]cc(c23)C1. The Morgan fingerprint density at radius 3 is 3.00 bits per heavy atom. The number of hydrogen-bond acceptors (Lipinski definition) is 3. The van der Waals surface area contributed by atoms with Gasteiger partial charge in [-0.25, -0.2) is 4.79 Å². The summed E-state index contributed by atoms with van der Waals surface area (Å²) in [6.07, 6.45) is 5.65. The van der Waals surface area contributed by atoms with Gasteiger partial charge in [-0.3, -0.25) is 0 Å². The first kappa shape index (κ1) is 13.7. The minimum Gasteiger partial charge on any atom is -0.491 e. The summed E-state index contributed by atoms with van der Waals surface area (Å²) in [5.74, 6) is -0.193. The second-order valence-electron chi connectivity index (χ2n) is 5.52. The summed E-state index contributed by atoms with van der Waals surface area (Å²) in [6, 6.07) is 4.14. The lowest BCUT2D eigenvalue weighted by Crippen LogP contribution is -2.34. The minimum atomic E-state index is -0.962. The molecular weight excluding hydrogens is 268 g/mol. The lowest BCUT2D eigenvalue weighted by molar-refractivity contribution is -0.131. The maximum Gasteiger partial charge on any atom is 0.328 e. The highest BCUT2D eigenvalue weighted by atomic mass is 16.5. The Morgan fingerprint density at radius 2 is 2.29 bits per heavy atom. The Bertz CT molecular complexity index is 716. The molecule has 0 saturated heterocycles. The highest BCUT2D eigenvalue weighted by molar-refractivity contribution is 5.95. The van der Waals surface area contributed by atoms with Crippen LogP contribution < -0.4 is 4.74 Å². The van der Waals surface area contributed by atoms with Gasteiger partial charge in [0.1, 0.15) is 12.4 Å². The van der Waals surface area contributed by atoms with Crippen LogP contribution in [0, 0.1) is 0 Å². The van der Waals surface area contributed by atoms with Crippen LogP contribution in [0.25, 0.3) is 17.0 Å². The number of likely N-dealkylation sites (N-methyl/N-ethyl adjacent to an activating group) is 1. The van der Waals surface area contributed by atoms with Crippen molar-refractivity contribution in [3.8, 4) is 5.75 Å². The van der Waals surface area contributed by atoms with E-state index in [9.17, 15) is 4.79 Å². The van der Waals surface area contributed by atoms with Crippen LogP contribution >= 0.6 is 0 Å². The normalized spacial score (nSPS) is 18.1. The molecule has 0 saturated carbocycles. The van der Waals surface area contributed by atoms with Gasteiger partial charge in [-0.1, -0.05) is 0 Å². The Kier molecular flexibility index (Phi) is 3.43. The van der Waals surface area contributed by atoms with E-state index in [1.165, 1.54) is 5.56 Å². The quantitative estimate of drug-likeness (QED) is 0.848. The predicted molar refractivity (Wildman–Crippen MR) is 81.6 cm³/mol. The maximum absolute atomic E-state index is 10.7. The van der Waals surface area contributed by atoms with Gasteiger partial charge in [-0.05, 0) is 44.3 Å². The Labute approximate surface area is 122 Å². The monoisotopic (exact) mass is 286 g/mol. The number of aromatic nitrogens is 1. The lowest BCUT2D eigenvalue weighted by Gasteiger charge is -2.22. The Morgan fingerprint density at radius 1 is 1.48 bits per heavy atom. The van der Waals surface area contributed by atoms with Crippen molar-refractivity contribution >= 4 is 22.9 Å². The zero-order valence-electron chi connectivity index (χ0n) is 12.1. The van der Waals surface area contributed by atoms with Crippen molar-refractivity contribution in [2.24, 2.45) is 0 Å². The van der Waals surface area contributed by atoms with Gasteiger partial charge >= 0.3 is 5.97 Å². The Hall–Kier alpha value is -2.27. The van der Waals surface area contributed by atoms with Crippen molar-refractivity contribution in [3.63, 3.8) is 0 Å². The van der Waals surface area contributed by atoms with Crippen LogP contribution in [0.15, 0.2) is 24.4 Å². The molecule has 0 radical (unpaired) electrons. The second kappa shape index (κ2) is 5.26. The molecule has 0 fully saturated rings. The van der Waals surface area contributed by atoms with E-state index in [1.807, 2.05) is 32.4 Å². The van der Waals surface area contributed by atoms with E-state index in [-0.39, 0.29) is 0 Å². The van der Waals surface area contributed by atoms with Crippen LogP contribution in [0.4, 0.5) is 0 Å². The summed E-state index contributed by atoms with van der Waals surface area (Å²) in [4.78, 5) is 16.1. The number of nitrogens with one attached hydrogen (secondary N) is 1. The van der Waals surface area contributed by atoms with Crippen LogP contribution in [-0.4, -0.2) is 47.7 Å². The highest BCUT2D eigenvalue weighted by Crippen LogP contribution is 2.36. The largest absolute Gasteiger partial charge is 0.491 e. The first-order valence-electron chi connectivity index (χ1n) is 6.89. The number of hydrogen-bond donors (Lipinski definition) is 2. The summed E-state index contributed by atoms with van der Waals surface area (Å²) in [7, 11) is 4.08. The number of ether oxygens (including phenoxy) is 1. The van der Waals surface area contributed by atoms with Gasteiger partial charge in [0.05, 0.1) is 0 Å². The summed E-state index contributed by atoms with van der Waals surface area (Å²) in [5, 5.41) is 9.87. The number of aliphatic carboxylic acids is 1. The summed E-state index contributed by atoms with van der Waals surface area (Å²) in [6.45, 7) is 0.592. The number of H-pyrrole nitrogens is 1. The Balaban J connectivity index is 2.11. The van der Waals surface area contributed by atoms with Crippen LogP contribution in [0.5, 0.6) is 5.75 Å². The summed E-state index contributed by atoms with van der Waals surface area (Å²) >= 11 is 0. The van der Waals surface area contributed by atoms with E-state index < -0.39 is 5.97 Å². The number of carbonyl (C=O) groups is 1. The van der Waals surface area contributed by atoms with E-state index >= 15 is 0 Å². The molecule has 110 valence electrons. The third kappa shape index (κ3) is 2.52. The van der Waals surface area contributed by atoms with Gasteiger partial charge in [0, 0.05) is 34.8 Å². The van der Waals surface area contributed by atoms with Gasteiger partial charge in [-0.2, -0.15) is 0 Å². The second-order valence-corrected chi connectivity index (χ2v) is 5.52. The number of benzene rings is 1. The average molecular weight is 286 g/mol. The smallest absolute Gasteiger partial charge is 0.328 e. The fourth-order valence-corrected chi connectivity index (χ4v) is 2.71. The minimum absolute atomic E-state index is 0.299. The molecule has 2 heterocycles. The van der Waals surface area contributed by atoms with Gasteiger partial charge in [0.25, 0.3) is 0 Å². The van der Waals surface area contributed by atoms with Crippen molar-refractivity contribution < 1.29 is 14.6 Å². The molecular formula is C16H18N2O3. The summed E-state index contributed by atoms with van der Waals surface area (Å²) in [5.41, 5.74) is 3.03. The maximum atomic E-state index is 10.7. The topological polar surface area (TPSA) is 65.6 Å². The average Bonchev–Trinajstić information content (AvgIpc) is 2.73. The zero-order chi connectivity index (χ0) is 15.0. The van der Waals surface area contributed by atoms with Gasteiger partial charge in [-0.15, -0.1) is 0 Å². The molecule has 21 heavy (non-hydrogen) atoms. The van der Waals surface area contributed by atoms with Crippen molar-refractivity contribution in [3.05, 3.63) is 35.5 Å². The summed E-state index contributed by atoms with van der Waals surface area (Å²) < 4.78 is 6.01. The molecule has 1 aliphatic rings. The molecule has 0 bridgehead atoms. The van der Waals surface area contributed by atoms with E-state index in [1.54, 1.807) is 6.08 Å². The molecule has 0 spiro atoms. The van der Waals surface area contributed by atoms with Crippen molar-refractivity contribution in [1.29, 1.82) is 0 Å². The predicted octanol–water partition coefficient (Wildman–Crippen LogP) is 2.13. The number of carboxylic acid groups (broad SMARTS) is 1. The van der Waals surface area contributed by atoms with E-state index in [0.717, 1.165) is 34.7 Å². The molecule has 1 aromatic heterocycles. The zero-order valence-corrected chi connectivity index (χ0v) is 12.1. The van der Waals surface area contributed by atoms with Crippen LogP contribution in [0.1, 0.15) is 11.1 Å². The standard InChI is InChI=1S/C16H18N2O3/c1-18(2)12-7-11-8-17-13-5-3-10(4-6-14(19)20)16(15(11)13)21-9-12/h3-6,8,12,17H,7,9H2,1-2H3,(H,19,20)/b6-4+. The molecule has 5 heteroatoms. The molecule has 1 unspecified atom stereocenters. The number of rotatable bonds is 3. The molecule has 0 aliphatic carbocycles. The van der Waals surface area contributed by atoms with Crippen molar-refractivity contribution in [2.45, 2.75) is 12.5 Å². The molecule has 2 N–H and O–H groups in total. The van der Waals surface area contributed by atoms with Crippen LogP contribution in [0.2, 0.25) is 0 Å². The first-order valence-corrected chi connectivity index (χ1v) is 6.89. The highest BCUT2D eigenvalue weighted by Gasteiger charge is 2.23. The van der Waals surface area contributed by atoms with E-state index in [0.29, 0.717) is 12.6 Å². The van der Waals surface area contributed by atoms with Gasteiger partial charge in [0.15, 0.2) is 0 Å².